The van der Waals surface area contributed by atoms with Crippen molar-refractivity contribution in [3.63, 3.8) is 0 Å². The average molecular weight is 292 g/mol. The largest absolute Gasteiger partial charge is 0.481 e. The van der Waals surface area contributed by atoms with Gasteiger partial charge in [-0.3, -0.25) is 4.79 Å². The molecule has 0 radical (unpaired) electrons. The summed E-state index contributed by atoms with van der Waals surface area (Å²) in [6, 6.07) is 7.27. The van der Waals surface area contributed by atoms with Gasteiger partial charge in [-0.1, -0.05) is 24.1 Å². The van der Waals surface area contributed by atoms with Crippen molar-refractivity contribution in [3.05, 3.63) is 47.7 Å². The number of likely N-dealkylation sites (tertiary alicyclic amines) is 1. The molecule has 2 aliphatic rings. The number of allylic oxidation sites excluding steroid dienone is 3. The van der Waals surface area contributed by atoms with Gasteiger partial charge in [0.15, 0.2) is 0 Å². The zero-order valence-electron chi connectivity index (χ0n) is 12.4. The second-order valence-corrected chi connectivity index (χ2v) is 5.10. The predicted octanol–water partition coefficient (Wildman–Crippen LogP) is 2.85. The zero-order chi connectivity index (χ0) is 15.5. The molecule has 0 spiro atoms. The van der Waals surface area contributed by atoms with Crippen LogP contribution in [0.5, 0.6) is 5.75 Å². The van der Waals surface area contributed by atoms with Crippen LogP contribution in [-0.2, 0) is 4.79 Å². The lowest BCUT2D eigenvalue weighted by molar-refractivity contribution is -0.120. The van der Waals surface area contributed by atoms with E-state index < -0.39 is 0 Å². The fourth-order valence-corrected chi connectivity index (χ4v) is 2.59. The highest BCUT2D eigenvalue weighted by Crippen LogP contribution is 2.31. The summed E-state index contributed by atoms with van der Waals surface area (Å²) in [7, 11) is 1.78. The highest BCUT2D eigenvalue weighted by Gasteiger charge is 2.35. The first-order valence-corrected chi connectivity index (χ1v) is 7.15. The van der Waals surface area contributed by atoms with Gasteiger partial charge < -0.3 is 9.64 Å². The molecule has 1 aromatic rings. The van der Waals surface area contributed by atoms with Crippen molar-refractivity contribution in [2.75, 3.05) is 13.7 Å². The number of hydrogen-bond donors (Lipinski definition) is 0. The van der Waals surface area contributed by atoms with Crippen LogP contribution in [0.15, 0.2) is 52.7 Å². The van der Waals surface area contributed by atoms with Crippen LogP contribution in [0.25, 0.3) is 0 Å². The molecule has 1 amide bonds. The van der Waals surface area contributed by atoms with E-state index in [4.69, 9.17) is 11.2 Å². The molecule has 0 saturated carbocycles. The quantitative estimate of drug-likeness (QED) is 0.804. The first-order chi connectivity index (χ1) is 10.7. The number of terminal acetylenes is 1. The molecule has 1 heterocycles. The van der Waals surface area contributed by atoms with E-state index in [2.05, 4.69) is 23.1 Å². The molecule has 1 aromatic carbocycles. The van der Waals surface area contributed by atoms with Crippen LogP contribution < -0.4 is 4.74 Å². The van der Waals surface area contributed by atoms with Crippen LogP contribution in [-0.4, -0.2) is 30.2 Å². The van der Waals surface area contributed by atoms with E-state index in [9.17, 15) is 4.79 Å². The van der Waals surface area contributed by atoms with Crippen LogP contribution >= 0.6 is 0 Å². The number of aliphatic imine (C=N–C) groups is 1. The van der Waals surface area contributed by atoms with Gasteiger partial charge in [-0.2, -0.15) is 0 Å². The number of amides is 1. The Morgan fingerprint density at radius 1 is 1.36 bits per heavy atom. The second kappa shape index (κ2) is 5.90. The predicted molar refractivity (Wildman–Crippen MR) is 86.0 cm³/mol. The summed E-state index contributed by atoms with van der Waals surface area (Å²) in [4.78, 5) is 18.6. The van der Waals surface area contributed by atoms with E-state index in [0.29, 0.717) is 17.1 Å². The first kappa shape index (κ1) is 14.2. The van der Waals surface area contributed by atoms with Crippen LogP contribution in [0.4, 0.5) is 5.69 Å². The van der Waals surface area contributed by atoms with Crippen molar-refractivity contribution in [2.24, 2.45) is 4.99 Å². The second-order valence-electron chi connectivity index (χ2n) is 5.10. The molecule has 22 heavy (non-hydrogen) atoms. The SMILES string of the molecule is C#CCOc1cccc(/N=C2/C(=O)N(C)C3=CCCC=C32)c1. The maximum Gasteiger partial charge on any atom is 0.277 e. The third-order valence-electron chi connectivity index (χ3n) is 3.63. The Morgan fingerprint density at radius 2 is 2.18 bits per heavy atom. The Bertz CT molecular complexity index is 751. The molecular formula is C18H16N2O2. The molecule has 1 aliphatic carbocycles. The summed E-state index contributed by atoms with van der Waals surface area (Å²) < 4.78 is 5.39. The van der Waals surface area contributed by atoms with Gasteiger partial charge in [0.1, 0.15) is 18.1 Å². The van der Waals surface area contributed by atoms with E-state index >= 15 is 0 Å². The lowest BCUT2D eigenvalue weighted by Gasteiger charge is -2.12. The van der Waals surface area contributed by atoms with E-state index in [1.807, 2.05) is 18.2 Å². The summed E-state index contributed by atoms with van der Waals surface area (Å²) in [5.74, 6) is 2.99. The summed E-state index contributed by atoms with van der Waals surface area (Å²) in [6.07, 6.45) is 11.2. The number of fused-ring (bicyclic) bond motifs is 1. The monoisotopic (exact) mass is 292 g/mol. The Kier molecular flexibility index (Phi) is 3.80. The molecule has 1 saturated heterocycles. The number of ether oxygens (including phenoxy) is 1. The lowest BCUT2D eigenvalue weighted by atomic mass is 10.0. The fraction of sp³-hybridized carbons (Fsp3) is 0.222. The number of likely N-dealkylation sites (N-methyl/N-ethyl adjacent to an activating group) is 1. The molecular weight excluding hydrogens is 276 g/mol. The first-order valence-electron chi connectivity index (χ1n) is 7.15. The van der Waals surface area contributed by atoms with Crippen molar-refractivity contribution in [2.45, 2.75) is 12.8 Å². The number of rotatable bonds is 3. The third-order valence-corrected chi connectivity index (χ3v) is 3.63. The molecule has 0 atom stereocenters. The minimum absolute atomic E-state index is 0.0747. The van der Waals surface area contributed by atoms with Crippen molar-refractivity contribution < 1.29 is 9.53 Å². The molecule has 0 unspecified atom stereocenters. The Labute approximate surface area is 129 Å². The Morgan fingerprint density at radius 3 is 3.00 bits per heavy atom. The molecule has 1 aliphatic heterocycles. The van der Waals surface area contributed by atoms with Gasteiger partial charge in [0.05, 0.1) is 5.69 Å². The number of carbonyl (C=O) groups excluding carboxylic acids is 1. The maximum absolute atomic E-state index is 12.4. The van der Waals surface area contributed by atoms with Crippen molar-refractivity contribution in [1.29, 1.82) is 0 Å². The molecule has 110 valence electrons. The summed E-state index contributed by atoms with van der Waals surface area (Å²) in [5, 5.41) is 0. The van der Waals surface area contributed by atoms with E-state index in [1.54, 1.807) is 18.0 Å². The smallest absolute Gasteiger partial charge is 0.277 e. The molecule has 1 fully saturated rings. The Hall–Kier alpha value is -2.80. The molecule has 0 aromatic heterocycles. The lowest BCUT2D eigenvalue weighted by Crippen LogP contribution is -2.21. The normalized spacial score (nSPS) is 18.6. The molecule has 0 N–H and O–H groups in total. The zero-order valence-corrected chi connectivity index (χ0v) is 12.4. The van der Waals surface area contributed by atoms with Crippen molar-refractivity contribution in [1.82, 2.24) is 4.90 Å². The minimum atomic E-state index is -0.0747. The van der Waals surface area contributed by atoms with Gasteiger partial charge in [0.2, 0.25) is 0 Å². The van der Waals surface area contributed by atoms with Gasteiger partial charge in [0, 0.05) is 24.4 Å². The molecule has 4 heteroatoms. The van der Waals surface area contributed by atoms with E-state index in [0.717, 1.165) is 24.1 Å². The fourth-order valence-electron chi connectivity index (χ4n) is 2.59. The van der Waals surface area contributed by atoms with E-state index in [-0.39, 0.29) is 12.5 Å². The molecule has 0 bridgehead atoms. The number of hydrogen-bond acceptors (Lipinski definition) is 3. The van der Waals surface area contributed by atoms with Crippen LogP contribution in [0.2, 0.25) is 0 Å². The topological polar surface area (TPSA) is 41.9 Å². The molecule has 4 nitrogen and oxygen atoms in total. The number of nitrogens with zero attached hydrogens (tertiary/aromatic N) is 2. The van der Waals surface area contributed by atoms with Crippen LogP contribution in [0.3, 0.4) is 0 Å². The summed E-state index contributed by atoms with van der Waals surface area (Å²) in [6.45, 7) is 0.208. The van der Waals surface area contributed by atoms with Crippen LogP contribution in [0.1, 0.15) is 12.8 Å². The molecule has 3 rings (SSSR count). The summed E-state index contributed by atoms with van der Waals surface area (Å²) >= 11 is 0. The summed E-state index contributed by atoms with van der Waals surface area (Å²) in [5.41, 5.74) is 3.05. The number of benzene rings is 1. The highest BCUT2D eigenvalue weighted by atomic mass is 16.5. The van der Waals surface area contributed by atoms with E-state index in [1.165, 1.54) is 0 Å². The van der Waals surface area contributed by atoms with Gasteiger partial charge in [-0.15, -0.1) is 6.42 Å². The van der Waals surface area contributed by atoms with Gasteiger partial charge >= 0.3 is 0 Å². The van der Waals surface area contributed by atoms with Gasteiger partial charge in [-0.25, -0.2) is 4.99 Å². The van der Waals surface area contributed by atoms with Gasteiger partial charge in [0.25, 0.3) is 5.91 Å². The maximum atomic E-state index is 12.4. The average Bonchev–Trinajstić information content (AvgIpc) is 2.79. The van der Waals surface area contributed by atoms with Crippen LogP contribution in [0, 0.1) is 12.3 Å². The standard InChI is InChI=1S/C18H16N2O2/c1-3-11-22-14-8-6-7-13(12-14)19-17-15-9-4-5-10-16(15)20(2)18(17)21/h1,6-10,12H,4-5,11H2,2H3/b19-17+. The van der Waals surface area contributed by atoms with Crippen molar-refractivity contribution >= 4 is 17.3 Å². The highest BCUT2D eigenvalue weighted by molar-refractivity contribution is 6.50. The van der Waals surface area contributed by atoms with Crippen molar-refractivity contribution in [3.8, 4) is 18.1 Å². The third kappa shape index (κ3) is 2.53. The minimum Gasteiger partial charge on any atom is -0.481 e. The number of carbonyl (C=O) groups is 1. The van der Waals surface area contributed by atoms with Gasteiger partial charge in [-0.05, 0) is 25.0 Å². The Balaban J connectivity index is 1.95.